The van der Waals surface area contributed by atoms with Crippen LogP contribution in [0.15, 0.2) is 18.3 Å². The summed E-state index contributed by atoms with van der Waals surface area (Å²) in [6.45, 7) is 2.52. The Balaban J connectivity index is 2.55. The van der Waals surface area contributed by atoms with Gasteiger partial charge in [0, 0.05) is 10.6 Å². The number of benzene rings is 1. The highest BCUT2D eigenvalue weighted by Gasteiger charge is 2.14. The van der Waals surface area contributed by atoms with Crippen LogP contribution < -0.4 is 10.5 Å². The van der Waals surface area contributed by atoms with E-state index in [1.54, 1.807) is 13.3 Å². The number of H-pyrrole nitrogens is 1. The summed E-state index contributed by atoms with van der Waals surface area (Å²) in [6.07, 6.45) is 2.55. The molecular formula is C13H16ClN3O. The highest BCUT2D eigenvalue weighted by atomic mass is 35.5. The largest absolute Gasteiger partial charge is 0.496 e. The summed E-state index contributed by atoms with van der Waals surface area (Å²) in [5, 5.41) is 7.76. The zero-order valence-corrected chi connectivity index (χ0v) is 11.2. The van der Waals surface area contributed by atoms with Gasteiger partial charge in [-0.05, 0) is 43.1 Å². The fraction of sp³-hybridized carbons (Fsp3) is 0.308. The molecule has 4 nitrogen and oxygen atoms in total. The summed E-state index contributed by atoms with van der Waals surface area (Å²) in [5.74, 6) is 0.777. The first-order valence-electron chi connectivity index (χ1n) is 5.74. The van der Waals surface area contributed by atoms with Crippen molar-refractivity contribution in [3.63, 3.8) is 0 Å². The van der Waals surface area contributed by atoms with Crippen molar-refractivity contribution >= 4 is 11.6 Å². The molecule has 0 atom stereocenters. The maximum atomic E-state index is 6.17. The van der Waals surface area contributed by atoms with E-state index in [9.17, 15) is 0 Å². The van der Waals surface area contributed by atoms with Crippen molar-refractivity contribution in [2.24, 2.45) is 5.73 Å². The Morgan fingerprint density at radius 2 is 2.22 bits per heavy atom. The Kier molecular flexibility index (Phi) is 3.89. The summed E-state index contributed by atoms with van der Waals surface area (Å²) in [4.78, 5) is 0. The molecule has 0 amide bonds. The lowest BCUT2D eigenvalue weighted by molar-refractivity contribution is 0.416. The SMILES string of the molecule is COc1cc(C)c(Cl)cc1-c1[nH]ncc1CCN. The second-order valence-electron chi connectivity index (χ2n) is 4.11. The second kappa shape index (κ2) is 5.42. The minimum absolute atomic E-state index is 0.578. The van der Waals surface area contributed by atoms with Crippen LogP contribution >= 0.6 is 11.6 Å². The molecule has 18 heavy (non-hydrogen) atoms. The molecule has 2 rings (SSSR count). The number of hydrogen-bond acceptors (Lipinski definition) is 3. The van der Waals surface area contributed by atoms with Gasteiger partial charge in [0.1, 0.15) is 5.75 Å². The molecule has 0 saturated carbocycles. The first kappa shape index (κ1) is 12.9. The van der Waals surface area contributed by atoms with Gasteiger partial charge in [0.05, 0.1) is 19.0 Å². The number of halogens is 1. The van der Waals surface area contributed by atoms with E-state index in [1.165, 1.54) is 0 Å². The highest BCUT2D eigenvalue weighted by Crippen LogP contribution is 2.35. The van der Waals surface area contributed by atoms with E-state index in [4.69, 9.17) is 22.1 Å². The Morgan fingerprint density at radius 3 is 2.89 bits per heavy atom. The second-order valence-corrected chi connectivity index (χ2v) is 4.52. The predicted molar refractivity (Wildman–Crippen MR) is 73.1 cm³/mol. The number of hydrogen-bond donors (Lipinski definition) is 2. The van der Waals surface area contributed by atoms with Crippen molar-refractivity contribution in [1.29, 1.82) is 0 Å². The first-order chi connectivity index (χ1) is 8.67. The summed E-state index contributed by atoms with van der Waals surface area (Å²) >= 11 is 6.17. The van der Waals surface area contributed by atoms with Crippen molar-refractivity contribution in [3.8, 4) is 17.0 Å². The number of nitrogens with zero attached hydrogens (tertiary/aromatic N) is 1. The molecule has 0 radical (unpaired) electrons. The van der Waals surface area contributed by atoms with E-state index >= 15 is 0 Å². The minimum Gasteiger partial charge on any atom is -0.496 e. The molecule has 1 aromatic heterocycles. The van der Waals surface area contributed by atoms with Gasteiger partial charge in [-0.15, -0.1) is 0 Å². The van der Waals surface area contributed by atoms with Gasteiger partial charge in [-0.3, -0.25) is 5.10 Å². The van der Waals surface area contributed by atoms with Crippen molar-refractivity contribution in [2.75, 3.05) is 13.7 Å². The third kappa shape index (κ3) is 2.35. The quantitative estimate of drug-likeness (QED) is 0.893. The number of methoxy groups -OCH3 is 1. The molecule has 1 aromatic carbocycles. The van der Waals surface area contributed by atoms with E-state index in [0.717, 1.165) is 34.6 Å². The van der Waals surface area contributed by atoms with Crippen molar-refractivity contribution in [1.82, 2.24) is 10.2 Å². The van der Waals surface area contributed by atoms with E-state index < -0.39 is 0 Å². The van der Waals surface area contributed by atoms with Crippen molar-refractivity contribution in [2.45, 2.75) is 13.3 Å². The molecule has 0 aliphatic heterocycles. The minimum atomic E-state index is 0.578. The molecular weight excluding hydrogens is 250 g/mol. The Morgan fingerprint density at radius 1 is 1.44 bits per heavy atom. The average Bonchev–Trinajstić information content (AvgIpc) is 2.80. The Labute approximate surface area is 111 Å². The Hall–Kier alpha value is -1.52. The summed E-state index contributed by atoms with van der Waals surface area (Å²) < 4.78 is 5.40. The number of aromatic amines is 1. The maximum Gasteiger partial charge on any atom is 0.128 e. The standard InChI is InChI=1S/C13H16ClN3O/c1-8-5-12(18-2)10(6-11(8)14)13-9(3-4-15)7-16-17-13/h5-7H,3-4,15H2,1-2H3,(H,16,17). The fourth-order valence-electron chi connectivity index (χ4n) is 1.91. The van der Waals surface area contributed by atoms with Crippen LogP contribution in [-0.2, 0) is 6.42 Å². The molecule has 0 aliphatic carbocycles. The van der Waals surface area contributed by atoms with Crippen LogP contribution in [0.1, 0.15) is 11.1 Å². The summed E-state index contributed by atoms with van der Waals surface area (Å²) in [5.41, 5.74) is 9.47. The van der Waals surface area contributed by atoms with Gasteiger partial charge in [-0.1, -0.05) is 11.6 Å². The normalized spacial score (nSPS) is 10.7. The molecule has 96 valence electrons. The summed E-state index contributed by atoms with van der Waals surface area (Å²) in [7, 11) is 1.64. The number of nitrogens with one attached hydrogen (secondary N) is 1. The Bertz CT molecular complexity index is 551. The van der Waals surface area contributed by atoms with E-state index in [0.29, 0.717) is 11.6 Å². The molecule has 0 bridgehead atoms. The monoisotopic (exact) mass is 265 g/mol. The van der Waals surface area contributed by atoms with Crippen LogP contribution in [0.2, 0.25) is 5.02 Å². The van der Waals surface area contributed by atoms with E-state index in [2.05, 4.69) is 10.2 Å². The van der Waals surface area contributed by atoms with Gasteiger partial charge in [-0.2, -0.15) is 5.10 Å². The predicted octanol–water partition coefficient (Wildman–Crippen LogP) is 2.55. The lowest BCUT2D eigenvalue weighted by atomic mass is 10.0. The number of rotatable bonds is 4. The third-order valence-corrected chi connectivity index (χ3v) is 3.29. The molecule has 5 heteroatoms. The first-order valence-corrected chi connectivity index (χ1v) is 6.12. The molecule has 3 N–H and O–H groups in total. The fourth-order valence-corrected chi connectivity index (χ4v) is 2.07. The van der Waals surface area contributed by atoms with Crippen LogP contribution in [0.4, 0.5) is 0 Å². The molecule has 0 unspecified atom stereocenters. The van der Waals surface area contributed by atoms with Crippen LogP contribution in [0.3, 0.4) is 0 Å². The molecule has 0 aliphatic rings. The number of aryl methyl sites for hydroxylation is 1. The van der Waals surface area contributed by atoms with Crippen LogP contribution in [-0.4, -0.2) is 23.9 Å². The average molecular weight is 266 g/mol. The summed E-state index contributed by atoms with van der Waals surface area (Å²) in [6, 6.07) is 3.81. The van der Waals surface area contributed by atoms with E-state index in [-0.39, 0.29) is 0 Å². The third-order valence-electron chi connectivity index (χ3n) is 2.88. The molecule has 0 fully saturated rings. The smallest absolute Gasteiger partial charge is 0.128 e. The zero-order valence-electron chi connectivity index (χ0n) is 10.5. The lowest BCUT2D eigenvalue weighted by Gasteiger charge is -2.11. The number of nitrogens with two attached hydrogens (primary N) is 1. The molecule has 0 saturated heterocycles. The topological polar surface area (TPSA) is 63.9 Å². The van der Waals surface area contributed by atoms with Crippen molar-refractivity contribution in [3.05, 3.63) is 34.5 Å². The highest BCUT2D eigenvalue weighted by molar-refractivity contribution is 6.31. The van der Waals surface area contributed by atoms with Gasteiger partial charge in [0.15, 0.2) is 0 Å². The zero-order chi connectivity index (χ0) is 13.1. The van der Waals surface area contributed by atoms with Gasteiger partial charge in [-0.25, -0.2) is 0 Å². The number of aromatic nitrogens is 2. The van der Waals surface area contributed by atoms with Gasteiger partial charge in [0.25, 0.3) is 0 Å². The molecule has 0 spiro atoms. The number of ether oxygens (including phenoxy) is 1. The van der Waals surface area contributed by atoms with Crippen LogP contribution in [0, 0.1) is 6.92 Å². The lowest BCUT2D eigenvalue weighted by Crippen LogP contribution is -2.03. The maximum absolute atomic E-state index is 6.17. The molecule has 2 aromatic rings. The van der Waals surface area contributed by atoms with Gasteiger partial charge in [0.2, 0.25) is 0 Å². The van der Waals surface area contributed by atoms with Gasteiger partial charge >= 0.3 is 0 Å². The van der Waals surface area contributed by atoms with E-state index in [1.807, 2.05) is 19.1 Å². The van der Waals surface area contributed by atoms with Crippen LogP contribution in [0.5, 0.6) is 5.75 Å². The molecule has 1 heterocycles. The van der Waals surface area contributed by atoms with Crippen LogP contribution in [0.25, 0.3) is 11.3 Å². The van der Waals surface area contributed by atoms with Gasteiger partial charge < -0.3 is 10.5 Å². The van der Waals surface area contributed by atoms with Crippen molar-refractivity contribution < 1.29 is 4.74 Å².